The van der Waals surface area contributed by atoms with Crippen molar-refractivity contribution in [3.8, 4) is 11.5 Å². The first kappa shape index (κ1) is 22.4. The Morgan fingerprint density at radius 1 is 1.19 bits per heavy atom. The molecular weight excluding hydrogens is 416 g/mol. The fourth-order valence-corrected chi connectivity index (χ4v) is 3.72. The number of carbonyl (C=O) groups excluding carboxylic acids is 1. The molecule has 1 fully saturated rings. The number of thioether (sulfide) groups is 1. The first-order chi connectivity index (χ1) is 14.8. The lowest BCUT2D eigenvalue weighted by atomic mass is 10.1. The van der Waals surface area contributed by atoms with Crippen LogP contribution in [0, 0.1) is 13.8 Å². The molecule has 8 heteroatoms. The molecule has 1 aliphatic rings. The van der Waals surface area contributed by atoms with Crippen molar-refractivity contribution >= 4 is 40.6 Å². The van der Waals surface area contributed by atoms with Gasteiger partial charge in [-0.3, -0.25) is 4.79 Å². The fraction of sp³-hybridized carbons (Fsp3) is 0.261. The standard InChI is InChI=1S/C23H24N2O5S/c1-5-17(22(27)28)30-18-9-7-15(11-19(18)29-4)12-20-21(26)25-23(31-20)24-16-8-6-13(2)14(3)10-16/h6-12,17H,5H2,1-4H3,(H,27,28)(H,24,25,26)/b20-12+. The number of benzene rings is 2. The molecule has 0 spiro atoms. The molecule has 0 radical (unpaired) electrons. The van der Waals surface area contributed by atoms with Crippen molar-refractivity contribution in [2.45, 2.75) is 33.3 Å². The van der Waals surface area contributed by atoms with Gasteiger partial charge in [0.25, 0.3) is 5.91 Å². The third kappa shape index (κ3) is 5.46. The maximum atomic E-state index is 12.4. The monoisotopic (exact) mass is 440 g/mol. The fourth-order valence-electron chi connectivity index (χ4n) is 2.88. The van der Waals surface area contributed by atoms with Gasteiger partial charge in [-0.25, -0.2) is 9.79 Å². The number of carbonyl (C=O) groups is 2. The molecule has 162 valence electrons. The number of aliphatic carboxylic acids is 1. The van der Waals surface area contributed by atoms with Gasteiger partial charge in [-0.05, 0) is 79.1 Å². The topological polar surface area (TPSA) is 97.2 Å². The minimum atomic E-state index is -1.04. The van der Waals surface area contributed by atoms with E-state index in [0.717, 1.165) is 16.8 Å². The molecule has 2 aromatic rings. The second-order valence-corrected chi connectivity index (χ2v) is 8.04. The Hall–Kier alpha value is -3.26. The van der Waals surface area contributed by atoms with Gasteiger partial charge in [-0.15, -0.1) is 0 Å². The van der Waals surface area contributed by atoms with Crippen molar-refractivity contribution < 1.29 is 24.2 Å². The SMILES string of the molecule is CCC(Oc1ccc(/C=C2/SC(=Nc3ccc(C)c(C)c3)NC2=O)cc1OC)C(=O)O. The van der Waals surface area contributed by atoms with Crippen LogP contribution in [0.15, 0.2) is 46.3 Å². The van der Waals surface area contributed by atoms with Crippen LogP contribution in [0.3, 0.4) is 0 Å². The van der Waals surface area contributed by atoms with Gasteiger partial charge in [0.15, 0.2) is 22.8 Å². The van der Waals surface area contributed by atoms with E-state index in [4.69, 9.17) is 9.47 Å². The van der Waals surface area contributed by atoms with E-state index in [2.05, 4.69) is 10.3 Å². The first-order valence-electron chi connectivity index (χ1n) is 9.75. The molecule has 1 unspecified atom stereocenters. The van der Waals surface area contributed by atoms with Gasteiger partial charge in [0.05, 0.1) is 17.7 Å². The molecule has 1 saturated heterocycles. The molecular formula is C23H24N2O5S. The first-order valence-corrected chi connectivity index (χ1v) is 10.6. The summed E-state index contributed by atoms with van der Waals surface area (Å²) in [4.78, 5) is 28.6. The van der Waals surface area contributed by atoms with E-state index in [0.29, 0.717) is 28.0 Å². The maximum Gasteiger partial charge on any atom is 0.344 e. The van der Waals surface area contributed by atoms with Crippen LogP contribution in [0.1, 0.15) is 30.0 Å². The molecule has 0 aromatic heterocycles. The number of hydrogen-bond acceptors (Lipinski definition) is 6. The molecule has 1 heterocycles. The zero-order valence-corrected chi connectivity index (χ0v) is 18.6. The van der Waals surface area contributed by atoms with Crippen LogP contribution in [0.4, 0.5) is 5.69 Å². The zero-order valence-electron chi connectivity index (χ0n) is 17.8. The molecule has 0 bridgehead atoms. The third-order valence-corrected chi connectivity index (χ3v) is 5.68. The second-order valence-electron chi connectivity index (χ2n) is 7.01. The summed E-state index contributed by atoms with van der Waals surface area (Å²) >= 11 is 1.26. The van der Waals surface area contributed by atoms with Gasteiger partial charge >= 0.3 is 5.97 Å². The molecule has 0 aliphatic carbocycles. The number of hydrogen-bond donors (Lipinski definition) is 2. The molecule has 1 aliphatic heterocycles. The Morgan fingerprint density at radius 3 is 2.61 bits per heavy atom. The Labute approximate surface area is 185 Å². The van der Waals surface area contributed by atoms with E-state index in [1.807, 2.05) is 32.0 Å². The van der Waals surface area contributed by atoms with Crippen LogP contribution in [-0.4, -0.2) is 35.4 Å². The van der Waals surface area contributed by atoms with Gasteiger partial charge in [-0.2, -0.15) is 0 Å². The Morgan fingerprint density at radius 2 is 1.97 bits per heavy atom. The van der Waals surface area contributed by atoms with Gasteiger partial charge in [0.1, 0.15) is 0 Å². The molecule has 2 aromatic carbocycles. The summed E-state index contributed by atoms with van der Waals surface area (Å²) in [7, 11) is 1.48. The number of rotatable bonds is 7. The molecule has 31 heavy (non-hydrogen) atoms. The summed E-state index contributed by atoms with van der Waals surface area (Å²) < 4.78 is 10.9. The summed E-state index contributed by atoms with van der Waals surface area (Å²) in [6.07, 6.45) is 1.09. The van der Waals surface area contributed by atoms with Gasteiger partial charge in [-0.1, -0.05) is 19.1 Å². The quantitative estimate of drug-likeness (QED) is 0.618. The lowest BCUT2D eigenvalue weighted by Gasteiger charge is -2.16. The third-order valence-electron chi connectivity index (χ3n) is 4.77. The zero-order chi connectivity index (χ0) is 22.5. The maximum absolute atomic E-state index is 12.4. The lowest BCUT2D eigenvalue weighted by molar-refractivity contribution is -0.145. The predicted molar refractivity (Wildman–Crippen MR) is 122 cm³/mol. The Balaban J connectivity index is 1.81. The minimum Gasteiger partial charge on any atom is -0.493 e. The van der Waals surface area contributed by atoms with Crippen molar-refractivity contribution in [3.63, 3.8) is 0 Å². The Bertz CT molecular complexity index is 1080. The number of aliphatic imine (C=N–C) groups is 1. The summed E-state index contributed by atoms with van der Waals surface area (Å²) in [6.45, 7) is 5.79. The highest BCUT2D eigenvalue weighted by Crippen LogP contribution is 2.33. The van der Waals surface area contributed by atoms with Crippen molar-refractivity contribution in [2.75, 3.05) is 7.11 Å². The largest absolute Gasteiger partial charge is 0.493 e. The molecule has 0 saturated carbocycles. The van der Waals surface area contributed by atoms with Crippen LogP contribution in [0.2, 0.25) is 0 Å². The average Bonchev–Trinajstić information content (AvgIpc) is 3.07. The predicted octanol–water partition coefficient (Wildman–Crippen LogP) is 4.45. The molecule has 1 amide bonds. The minimum absolute atomic E-state index is 0.233. The van der Waals surface area contributed by atoms with Crippen molar-refractivity contribution in [2.24, 2.45) is 4.99 Å². The summed E-state index contributed by atoms with van der Waals surface area (Å²) in [5.74, 6) is -0.546. The molecule has 2 N–H and O–H groups in total. The van der Waals surface area contributed by atoms with Crippen LogP contribution >= 0.6 is 11.8 Å². The number of methoxy groups -OCH3 is 1. The van der Waals surface area contributed by atoms with Crippen LogP contribution in [0.5, 0.6) is 11.5 Å². The summed E-state index contributed by atoms with van der Waals surface area (Å²) in [5.41, 5.74) is 3.81. The van der Waals surface area contributed by atoms with Crippen LogP contribution in [-0.2, 0) is 9.59 Å². The van der Waals surface area contributed by atoms with Crippen molar-refractivity contribution in [1.82, 2.24) is 5.32 Å². The summed E-state index contributed by atoms with van der Waals surface area (Å²) in [5, 5.41) is 12.5. The number of aryl methyl sites for hydroxylation is 2. The van der Waals surface area contributed by atoms with Crippen molar-refractivity contribution in [3.05, 3.63) is 58.0 Å². The lowest BCUT2D eigenvalue weighted by Crippen LogP contribution is -2.26. The number of amides is 1. The van der Waals surface area contributed by atoms with Crippen molar-refractivity contribution in [1.29, 1.82) is 0 Å². The average molecular weight is 441 g/mol. The molecule has 3 rings (SSSR count). The Kier molecular flexibility index (Phi) is 7.02. The van der Waals surface area contributed by atoms with E-state index in [9.17, 15) is 14.7 Å². The van der Waals surface area contributed by atoms with E-state index < -0.39 is 12.1 Å². The molecule has 7 nitrogen and oxygen atoms in total. The number of nitrogens with one attached hydrogen (secondary N) is 1. The van der Waals surface area contributed by atoms with Crippen LogP contribution < -0.4 is 14.8 Å². The number of amidine groups is 1. The summed E-state index contributed by atoms with van der Waals surface area (Å²) in [6, 6.07) is 11.0. The normalized spacial score (nSPS) is 17.0. The van der Waals surface area contributed by atoms with E-state index in [-0.39, 0.29) is 5.91 Å². The number of carboxylic acid groups (broad SMARTS) is 1. The highest BCUT2D eigenvalue weighted by molar-refractivity contribution is 8.18. The van der Waals surface area contributed by atoms with E-state index in [1.54, 1.807) is 31.2 Å². The second kappa shape index (κ2) is 9.70. The van der Waals surface area contributed by atoms with Gasteiger partial charge < -0.3 is 19.9 Å². The van der Waals surface area contributed by atoms with E-state index in [1.165, 1.54) is 24.4 Å². The van der Waals surface area contributed by atoms with Gasteiger partial charge in [0, 0.05) is 0 Å². The van der Waals surface area contributed by atoms with Gasteiger partial charge in [0.2, 0.25) is 0 Å². The number of ether oxygens (including phenoxy) is 2. The van der Waals surface area contributed by atoms with Crippen LogP contribution in [0.25, 0.3) is 6.08 Å². The van der Waals surface area contributed by atoms with E-state index >= 15 is 0 Å². The number of carboxylic acids is 1. The molecule has 1 atom stereocenters. The highest BCUT2D eigenvalue weighted by atomic mass is 32.2. The smallest absolute Gasteiger partial charge is 0.344 e. The highest BCUT2D eigenvalue weighted by Gasteiger charge is 2.24. The number of nitrogens with zero attached hydrogens (tertiary/aromatic N) is 1.